The highest BCUT2D eigenvalue weighted by Crippen LogP contribution is 2.23. The highest BCUT2D eigenvalue weighted by molar-refractivity contribution is 5.87. The molecule has 7 heteroatoms. The summed E-state index contributed by atoms with van der Waals surface area (Å²) in [5.74, 6) is -0.418. The standard InChI is InChI=1S/C16H14FN3O3/c1-10(22-16(21)13-4-3-9-20(13)2)14-18-19-15(23-14)11-5-7-12(17)8-6-11/h3-10H,1-2H3/t10-/m0/s1. The predicted molar refractivity (Wildman–Crippen MR) is 78.9 cm³/mol. The fourth-order valence-corrected chi connectivity index (χ4v) is 2.05. The van der Waals surface area contributed by atoms with Gasteiger partial charge in [0.1, 0.15) is 11.5 Å². The van der Waals surface area contributed by atoms with Gasteiger partial charge in [0.05, 0.1) is 0 Å². The third-order valence-electron chi connectivity index (χ3n) is 3.32. The molecule has 0 spiro atoms. The molecule has 2 aromatic heterocycles. The van der Waals surface area contributed by atoms with Crippen LogP contribution in [0.25, 0.3) is 11.5 Å². The van der Waals surface area contributed by atoms with Gasteiger partial charge in [0.15, 0.2) is 6.10 Å². The zero-order chi connectivity index (χ0) is 16.4. The first-order valence-electron chi connectivity index (χ1n) is 6.96. The summed E-state index contributed by atoms with van der Waals surface area (Å²) in [6, 6.07) is 9.09. The molecular formula is C16H14FN3O3. The number of halogens is 1. The van der Waals surface area contributed by atoms with E-state index in [1.807, 2.05) is 0 Å². The predicted octanol–water partition coefficient (Wildman–Crippen LogP) is 3.13. The van der Waals surface area contributed by atoms with Gasteiger partial charge in [-0.15, -0.1) is 10.2 Å². The summed E-state index contributed by atoms with van der Waals surface area (Å²) >= 11 is 0. The molecule has 0 unspecified atom stereocenters. The largest absolute Gasteiger partial charge is 0.448 e. The van der Waals surface area contributed by atoms with E-state index in [0.29, 0.717) is 11.3 Å². The molecule has 118 valence electrons. The molecule has 0 aliphatic rings. The molecule has 0 aliphatic heterocycles. The highest BCUT2D eigenvalue weighted by Gasteiger charge is 2.21. The van der Waals surface area contributed by atoms with Crippen LogP contribution in [0.5, 0.6) is 0 Å². The van der Waals surface area contributed by atoms with Crippen LogP contribution in [0, 0.1) is 5.82 Å². The lowest BCUT2D eigenvalue weighted by Crippen LogP contribution is -2.12. The lowest BCUT2D eigenvalue weighted by molar-refractivity contribution is 0.0269. The van der Waals surface area contributed by atoms with Crippen LogP contribution in [-0.4, -0.2) is 20.7 Å². The first kappa shape index (κ1) is 15.0. The van der Waals surface area contributed by atoms with Crippen molar-refractivity contribution in [2.45, 2.75) is 13.0 Å². The highest BCUT2D eigenvalue weighted by atomic mass is 19.1. The van der Waals surface area contributed by atoms with Crippen LogP contribution in [0.2, 0.25) is 0 Å². The Balaban J connectivity index is 1.73. The van der Waals surface area contributed by atoms with Gasteiger partial charge >= 0.3 is 5.97 Å². The van der Waals surface area contributed by atoms with Crippen molar-refractivity contribution in [1.82, 2.24) is 14.8 Å². The zero-order valence-electron chi connectivity index (χ0n) is 12.6. The Kier molecular flexibility index (Phi) is 3.92. The van der Waals surface area contributed by atoms with E-state index in [1.54, 1.807) is 36.9 Å². The Labute approximate surface area is 131 Å². The van der Waals surface area contributed by atoms with Crippen LogP contribution in [0.4, 0.5) is 4.39 Å². The van der Waals surface area contributed by atoms with E-state index in [2.05, 4.69) is 10.2 Å². The van der Waals surface area contributed by atoms with Crippen LogP contribution in [0.1, 0.15) is 29.4 Å². The monoisotopic (exact) mass is 315 g/mol. The van der Waals surface area contributed by atoms with Crippen molar-refractivity contribution >= 4 is 5.97 Å². The van der Waals surface area contributed by atoms with E-state index in [4.69, 9.17) is 9.15 Å². The SMILES string of the molecule is C[C@H](OC(=O)c1cccn1C)c1nnc(-c2ccc(F)cc2)o1. The molecule has 0 saturated carbocycles. The summed E-state index contributed by atoms with van der Waals surface area (Å²) in [6.45, 7) is 1.64. The minimum absolute atomic E-state index is 0.173. The molecule has 0 radical (unpaired) electrons. The Morgan fingerprint density at radius 3 is 2.65 bits per heavy atom. The second-order valence-electron chi connectivity index (χ2n) is 5.00. The molecular weight excluding hydrogens is 301 g/mol. The summed E-state index contributed by atoms with van der Waals surface area (Å²) in [6.07, 6.45) is 1.06. The average molecular weight is 315 g/mol. The first-order valence-corrected chi connectivity index (χ1v) is 6.96. The third-order valence-corrected chi connectivity index (χ3v) is 3.32. The molecule has 2 heterocycles. The van der Waals surface area contributed by atoms with Crippen LogP contribution in [-0.2, 0) is 11.8 Å². The van der Waals surface area contributed by atoms with E-state index in [9.17, 15) is 9.18 Å². The smallest absolute Gasteiger partial charge is 0.355 e. The van der Waals surface area contributed by atoms with Gasteiger partial charge in [0.2, 0.25) is 5.89 Å². The maximum absolute atomic E-state index is 12.9. The molecule has 0 bridgehead atoms. The maximum atomic E-state index is 12.9. The normalized spacial score (nSPS) is 12.1. The van der Waals surface area contributed by atoms with Crippen molar-refractivity contribution in [2.75, 3.05) is 0 Å². The molecule has 0 amide bonds. The number of benzene rings is 1. The van der Waals surface area contributed by atoms with Gasteiger partial charge in [-0.2, -0.15) is 0 Å². The summed E-state index contributed by atoms with van der Waals surface area (Å²) in [5, 5.41) is 7.77. The molecule has 23 heavy (non-hydrogen) atoms. The summed E-state index contributed by atoms with van der Waals surface area (Å²) in [7, 11) is 1.75. The Morgan fingerprint density at radius 1 is 1.26 bits per heavy atom. The molecule has 0 N–H and O–H groups in total. The Morgan fingerprint density at radius 2 is 2.00 bits per heavy atom. The number of nitrogens with zero attached hydrogens (tertiary/aromatic N) is 3. The topological polar surface area (TPSA) is 70.2 Å². The van der Waals surface area contributed by atoms with Gasteiger partial charge < -0.3 is 13.7 Å². The number of aromatic nitrogens is 3. The lowest BCUT2D eigenvalue weighted by Gasteiger charge is -2.09. The van der Waals surface area contributed by atoms with Gasteiger partial charge in [0.25, 0.3) is 5.89 Å². The fraction of sp³-hybridized carbons (Fsp3) is 0.188. The second-order valence-corrected chi connectivity index (χ2v) is 5.00. The van der Waals surface area contributed by atoms with Crippen molar-refractivity contribution in [3.05, 3.63) is 60.0 Å². The summed E-state index contributed by atoms with van der Waals surface area (Å²) in [5.41, 5.74) is 1.02. The number of carbonyl (C=O) groups is 1. The molecule has 1 atom stereocenters. The molecule has 0 aliphatic carbocycles. The van der Waals surface area contributed by atoms with Crippen LogP contribution >= 0.6 is 0 Å². The maximum Gasteiger partial charge on any atom is 0.355 e. The van der Waals surface area contributed by atoms with Gasteiger partial charge in [0, 0.05) is 18.8 Å². The van der Waals surface area contributed by atoms with E-state index >= 15 is 0 Å². The molecule has 6 nitrogen and oxygen atoms in total. The minimum Gasteiger partial charge on any atom is -0.448 e. The third kappa shape index (κ3) is 3.13. The number of hydrogen-bond acceptors (Lipinski definition) is 5. The molecule has 3 rings (SSSR count). The van der Waals surface area contributed by atoms with Crippen LogP contribution in [0.15, 0.2) is 47.0 Å². The number of ether oxygens (including phenoxy) is 1. The first-order chi connectivity index (χ1) is 11.0. The Bertz CT molecular complexity index is 823. The number of hydrogen-bond donors (Lipinski definition) is 0. The summed E-state index contributed by atoms with van der Waals surface area (Å²) < 4.78 is 25.4. The van der Waals surface area contributed by atoms with E-state index in [0.717, 1.165) is 0 Å². The van der Waals surface area contributed by atoms with Gasteiger partial charge in [-0.3, -0.25) is 0 Å². The average Bonchev–Trinajstić information content (AvgIpc) is 3.17. The van der Waals surface area contributed by atoms with E-state index in [-0.39, 0.29) is 17.6 Å². The minimum atomic E-state index is -0.695. The number of esters is 1. The van der Waals surface area contributed by atoms with Crippen LogP contribution < -0.4 is 0 Å². The van der Waals surface area contributed by atoms with Crippen molar-refractivity contribution in [3.63, 3.8) is 0 Å². The molecule has 3 aromatic rings. The number of rotatable bonds is 4. The van der Waals surface area contributed by atoms with Gasteiger partial charge in [-0.05, 0) is 43.3 Å². The van der Waals surface area contributed by atoms with Gasteiger partial charge in [-0.1, -0.05) is 0 Å². The number of aryl methyl sites for hydroxylation is 1. The number of carbonyl (C=O) groups excluding carboxylic acids is 1. The lowest BCUT2D eigenvalue weighted by atomic mass is 10.2. The summed E-state index contributed by atoms with van der Waals surface area (Å²) in [4.78, 5) is 12.1. The fourth-order valence-electron chi connectivity index (χ4n) is 2.05. The van der Waals surface area contributed by atoms with Crippen LogP contribution in [0.3, 0.4) is 0 Å². The Hall–Kier alpha value is -2.96. The van der Waals surface area contributed by atoms with Crippen molar-refractivity contribution in [1.29, 1.82) is 0 Å². The van der Waals surface area contributed by atoms with Crippen molar-refractivity contribution < 1.29 is 18.3 Å². The molecule has 0 fully saturated rings. The van der Waals surface area contributed by atoms with Crippen molar-refractivity contribution in [2.24, 2.45) is 7.05 Å². The molecule has 0 saturated heterocycles. The quantitative estimate of drug-likeness (QED) is 0.692. The van der Waals surface area contributed by atoms with Crippen molar-refractivity contribution in [3.8, 4) is 11.5 Å². The van der Waals surface area contributed by atoms with E-state index < -0.39 is 12.1 Å². The zero-order valence-corrected chi connectivity index (χ0v) is 12.6. The molecule has 1 aromatic carbocycles. The second kappa shape index (κ2) is 6.04. The van der Waals surface area contributed by atoms with E-state index in [1.165, 1.54) is 24.3 Å². The van der Waals surface area contributed by atoms with Gasteiger partial charge in [-0.25, -0.2) is 9.18 Å².